The van der Waals surface area contributed by atoms with Gasteiger partial charge in [-0.1, -0.05) is 0 Å². The summed E-state index contributed by atoms with van der Waals surface area (Å²) in [5, 5.41) is 0. The van der Waals surface area contributed by atoms with Gasteiger partial charge in [-0.2, -0.15) is 0 Å². The zero-order valence-electron chi connectivity index (χ0n) is 9.20. The van der Waals surface area contributed by atoms with Gasteiger partial charge in [0.25, 0.3) is 0 Å². The van der Waals surface area contributed by atoms with Crippen molar-refractivity contribution in [2.45, 2.75) is 13.8 Å². The first-order chi connectivity index (χ1) is 7.24. The number of rotatable bonds is 2. The van der Waals surface area contributed by atoms with Crippen LogP contribution in [0.15, 0.2) is 48.5 Å². The van der Waals surface area contributed by atoms with Crippen molar-refractivity contribution in [1.82, 2.24) is 0 Å². The van der Waals surface area contributed by atoms with Crippen LogP contribution in [-0.4, -0.2) is 15.2 Å². The molecule has 0 fully saturated rings. The van der Waals surface area contributed by atoms with Crippen LogP contribution >= 0.6 is 0 Å². The zero-order valence-corrected chi connectivity index (χ0v) is 10.4. The van der Waals surface area contributed by atoms with Crippen molar-refractivity contribution >= 4 is 24.1 Å². The molecular weight excluding hydrogens is 195 g/mol. The standard InChI is InChI=1S/2C7H7.Al/c2*1-7-5-3-2-4-6-7;/h2*2-3,5-6H,1H3;/q;;+1. The number of hydrogen-bond acceptors (Lipinski definition) is 0. The Morgan fingerprint density at radius 3 is 1.60 bits per heavy atom. The first-order valence-corrected chi connectivity index (χ1v) is 6.37. The van der Waals surface area contributed by atoms with Gasteiger partial charge in [-0.3, -0.25) is 0 Å². The van der Waals surface area contributed by atoms with E-state index in [2.05, 4.69) is 62.4 Å². The SMILES string of the molecule is Cc1ccc[c]([Al+][c]2cccc(C)c2)c1. The van der Waals surface area contributed by atoms with E-state index < -0.39 is 0 Å². The molecule has 0 aromatic heterocycles. The summed E-state index contributed by atoms with van der Waals surface area (Å²) in [5.74, 6) is 0. The summed E-state index contributed by atoms with van der Waals surface area (Å²) in [7, 11) is 0. The Labute approximate surface area is 97.7 Å². The summed E-state index contributed by atoms with van der Waals surface area (Å²) in [6.07, 6.45) is 0. The maximum atomic E-state index is 2.29. The van der Waals surface area contributed by atoms with Crippen LogP contribution in [0.1, 0.15) is 11.1 Å². The summed E-state index contributed by atoms with van der Waals surface area (Å²) >= 11 is 0.246. The van der Waals surface area contributed by atoms with Crippen molar-refractivity contribution in [2.24, 2.45) is 0 Å². The maximum absolute atomic E-state index is 2.29. The number of benzene rings is 2. The summed E-state index contributed by atoms with van der Waals surface area (Å²) in [6.45, 7) is 4.30. The second kappa shape index (κ2) is 4.66. The van der Waals surface area contributed by atoms with Gasteiger partial charge in [0, 0.05) is 0 Å². The average molecular weight is 209 g/mol. The van der Waals surface area contributed by atoms with Gasteiger partial charge in [-0.15, -0.1) is 0 Å². The molecule has 0 aliphatic rings. The van der Waals surface area contributed by atoms with Crippen molar-refractivity contribution in [3.8, 4) is 0 Å². The van der Waals surface area contributed by atoms with Crippen LogP contribution in [0.2, 0.25) is 0 Å². The molecule has 0 aliphatic heterocycles. The van der Waals surface area contributed by atoms with Gasteiger partial charge in [-0.05, 0) is 0 Å². The minimum atomic E-state index is 0.246. The summed E-state index contributed by atoms with van der Waals surface area (Å²) < 4.78 is 2.95. The molecule has 0 atom stereocenters. The fraction of sp³-hybridized carbons (Fsp3) is 0.143. The van der Waals surface area contributed by atoms with Gasteiger partial charge in [0.05, 0.1) is 0 Å². The van der Waals surface area contributed by atoms with Crippen LogP contribution in [0, 0.1) is 13.8 Å². The van der Waals surface area contributed by atoms with Gasteiger partial charge < -0.3 is 0 Å². The Hall–Kier alpha value is -1.03. The van der Waals surface area contributed by atoms with Crippen molar-refractivity contribution < 1.29 is 0 Å². The Kier molecular flexibility index (Phi) is 3.26. The molecule has 0 bridgehead atoms. The second-order valence-electron chi connectivity index (χ2n) is 3.97. The molecule has 15 heavy (non-hydrogen) atoms. The molecule has 0 saturated heterocycles. The van der Waals surface area contributed by atoms with Gasteiger partial charge in [0.1, 0.15) is 0 Å². The van der Waals surface area contributed by atoms with Gasteiger partial charge in [-0.25, -0.2) is 0 Å². The molecular formula is C14H14Al+. The molecule has 0 aliphatic carbocycles. The molecule has 72 valence electrons. The number of hydrogen-bond donors (Lipinski definition) is 0. The monoisotopic (exact) mass is 209 g/mol. The predicted molar refractivity (Wildman–Crippen MR) is 67.4 cm³/mol. The molecule has 0 N–H and O–H groups in total. The predicted octanol–water partition coefficient (Wildman–Crippen LogP) is 1.96. The molecule has 0 saturated carbocycles. The van der Waals surface area contributed by atoms with E-state index in [1.807, 2.05) is 0 Å². The fourth-order valence-electron chi connectivity index (χ4n) is 1.71. The van der Waals surface area contributed by atoms with E-state index in [1.165, 1.54) is 20.0 Å². The van der Waals surface area contributed by atoms with Crippen LogP contribution in [0.3, 0.4) is 0 Å². The third-order valence-corrected chi connectivity index (χ3v) is 3.80. The third kappa shape index (κ3) is 2.96. The summed E-state index contributed by atoms with van der Waals surface area (Å²) in [5.41, 5.74) is 2.71. The zero-order chi connectivity index (χ0) is 10.7. The molecule has 0 spiro atoms. The quantitative estimate of drug-likeness (QED) is 0.663. The Bertz CT molecular complexity index is 417. The van der Waals surface area contributed by atoms with Crippen LogP contribution in [-0.2, 0) is 0 Å². The van der Waals surface area contributed by atoms with Gasteiger partial charge in [0.15, 0.2) is 0 Å². The Balaban J connectivity index is 2.22. The van der Waals surface area contributed by atoms with E-state index in [0.29, 0.717) is 0 Å². The van der Waals surface area contributed by atoms with Gasteiger partial charge >= 0.3 is 97.6 Å². The first kappa shape index (κ1) is 10.5. The van der Waals surface area contributed by atoms with E-state index in [1.54, 1.807) is 0 Å². The fourth-order valence-corrected chi connectivity index (χ4v) is 3.20. The molecule has 2 aromatic rings. The number of aryl methyl sites for hydroxylation is 2. The molecule has 0 unspecified atom stereocenters. The van der Waals surface area contributed by atoms with Crippen LogP contribution in [0.5, 0.6) is 0 Å². The third-order valence-electron chi connectivity index (χ3n) is 2.42. The second-order valence-corrected chi connectivity index (χ2v) is 5.59. The topological polar surface area (TPSA) is 0 Å². The molecule has 1 heteroatoms. The molecule has 0 heterocycles. The average Bonchev–Trinajstić information content (AvgIpc) is 2.17. The molecule has 0 radical (unpaired) electrons. The van der Waals surface area contributed by atoms with E-state index in [9.17, 15) is 0 Å². The molecule has 0 nitrogen and oxygen atoms in total. The van der Waals surface area contributed by atoms with Crippen LogP contribution in [0.4, 0.5) is 0 Å². The van der Waals surface area contributed by atoms with Crippen molar-refractivity contribution in [2.75, 3.05) is 0 Å². The van der Waals surface area contributed by atoms with E-state index >= 15 is 0 Å². The van der Waals surface area contributed by atoms with E-state index in [0.717, 1.165) is 0 Å². The first-order valence-electron chi connectivity index (χ1n) is 5.22. The molecule has 2 aromatic carbocycles. The van der Waals surface area contributed by atoms with Crippen molar-refractivity contribution in [1.29, 1.82) is 0 Å². The van der Waals surface area contributed by atoms with Crippen molar-refractivity contribution in [3.63, 3.8) is 0 Å². The van der Waals surface area contributed by atoms with Crippen molar-refractivity contribution in [3.05, 3.63) is 59.7 Å². The molecule has 2 rings (SSSR count). The van der Waals surface area contributed by atoms with Crippen LogP contribution in [0.25, 0.3) is 0 Å². The van der Waals surface area contributed by atoms with Crippen LogP contribution < -0.4 is 8.85 Å². The molecule has 0 amide bonds. The minimum absolute atomic E-state index is 0.246. The Morgan fingerprint density at radius 2 is 1.20 bits per heavy atom. The normalized spacial score (nSPS) is 9.73. The Morgan fingerprint density at radius 1 is 0.733 bits per heavy atom. The summed E-state index contributed by atoms with van der Waals surface area (Å²) in [6, 6.07) is 17.6. The van der Waals surface area contributed by atoms with E-state index in [-0.39, 0.29) is 15.2 Å². The van der Waals surface area contributed by atoms with Gasteiger partial charge in [0.2, 0.25) is 0 Å². The summed E-state index contributed by atoms with van der Waals surface area (Å²) in [4.78, 5) is 0. The van der Waals surface area contributed by atoms with E-state index in [4.69, 9.17) is 0 Å².